The normalized spacial score (nSPS) is 10.8. The van der Waals surface area contributed by atoms with E-state index in [0.29, 0.717) is 28.4 Å². The number of ether oxygens (including phenoxy) is 1. The van der Waals surface area contributed by atoms with E-state index in [1.807, 2.05) is 31.2 Å². The summed E-state index contributed by atoms with van der Waals surface area (Å²) in [5, 5.41) is 2.75. The molecule has 140 valence electrons. The summed E-state index contributed by atoms with van der Waals surface area (Å²) in [5.41, 5.74) is 3.89. The Bertz CT molecular complexity index is 1140. The van der Waals surface area contributed by atoms with Gasteiger partial charge in [-0.3, -0.25) is 4.79 Å². The number of hydrogen-bond acceptors (Lipinski definition) is 4. The van der Waals surface area contributed by atoms with Gasteiger partial charge in [0.25, 0.3) is 5.91 Å². The van der Waals surface area contributed by atoms with Crippen molar-refractivity contribution in [2.45, 2.75) is 6.92 Å². The summed E-state index contributed by atoms with van der Waals surface area (Å²) < 4.78 is 24.0. The third-order valence-corrected chi connectivity index (χ3v) is 4.12. The smallest absolute Gasteiger partial charge is 0.262 e. The monoisotopic (exact) mass is 376 g/mol. The SMILES string of the molecule is Cc1cccc(-c2nc3cc(NC(=O)COc4ccc(F)cc4)ccc3o2)c1. The summed E-state index contributed by atoms with van der Waals surface area (Å²) in [5.74, 6) is 0.266. The van der Waals surface area contributed by atoms with Crippen LogP contribution in [0.25, 0.3) is 22.6 Å². The van der Waals surface area contributed by atoms with Crippen LogP contribution in [0.1, 0.15) is 5.56 Å². The summed E-state index contributed by atoms with van der Waals surface area (Å²) in [6.45, 7) is 1.82. The molecule has 5 nitrogen and oxygen atoms in total. The summed E-state index contributed by atoms with van der Waals surface area (Å²) in [4.78, 5) is 16.6. The maximum Gasteiger partial charge on any atom is 0.262 e. The van der Waals surface area contributed by atoms with Gasteiger partial charge in [0, 0.05) is 11.3 Å². The number of anilines is 1. The van der Waals surface area contributed by atoms with E-state index in [9.17, 15) is 9.18 Å². The van der Waals surface area contributed by atoms with E-state index in [-0.39, 0.29) is 18.3 Å². The first-order valence-corrected chi connectivity index (χ1v) is 8.73. The van der Waals surface area contributed by atoms with Crippen LogP contribution < -0.4 is 10.1 Å². The van der Waals surface area contributed by atoms with Crippen molar-refractivity contribution in [3.63, 3.8) is 0 Å². The Morgan fingerprint density at radius 1 is 1.11 bits per heavy atom. The van der Waals surface area contributed by atoms with Gasteiger partial charge >= 0.3 is 0 Å². The zero-order valence-corrected chi connectivity index (χ0v) is 15.1. The standard InChI is InChI=1S/C22H17FN2O3/c1-14-3-2-4-15(11-14)22-25-19-12-17(7-10-20(19)28-22)24-21(26)13-27-18-8-5-16(23)6-9-18/h2-12H,13H2,1H3,(H,24,26). The minimum absolute atomic E-state index is 0.184. The number of fused-ring (bicyclic) bond motifs is 1. The molecule has 28 heavy (non-hydrogen) atoms. The molecule has 1 N–H and O–H groups in total. The Morgan fingerprint density at radius 2 is 1.93 bits per heavy atom. The van der Waals surface area contributed by atoms with Gasteiger partial charge in [0.05, 0.1) is 0 Å². The molecule has 0 aliphatic carbocycles. The van der Waals surface area contributed by atoms with Crippen LogP contribution >= 0.6 is 0 Å². The maximum absolute atomic E-state index is 12.9. The summed E-state index contributed by atoms with van der Waals surface area (Å²) in [6, 6.07) is 18.6. The van der Waals surface area contributed by atoms with Gasteiger partial charge in [-0.05, 0) is 61.5 Å². The highest BCUT2D eigenvalue weighted by atomic mass is 19.1. The second-order valence-electron chi connectivity index (χ2n) is 6.36. The number of nitrogens with zero attached hydrogens (tertiary/aromatic N) is 1. The zero-order chi connectivity index (χ0) is 19.5. The molecule has 1 heterocycles. The third kappa shape index (κ3) is 4.01. The van der Waals surface area contributed by atoms with Crippen molar-refractivity contribution in [1.29, 1.82) is 0 Å². The van der Waals surface area contributed by atoms with Crippen LogP contribution in [0.15, 0.2) is 71.1 Å². The van der Waals surface area contributed by atoms with Gasteiger partial charge in [0.2, 0.25) is 5.89 Å². The number of aromatic nitrogens is 1. The highest BCUT2D eigenvalue weighted by Crippen LogP contribution is 2.26. The summed E-state index contributed by atoms with van der Waals surface area (Å²) >= 11 is 0. The topological polar surface area (TPSA) is 64.4 Å². The molecular weight excluding hydrogens is 359 g/mol. The molecule has 0 spiro atoms. The molecule has 0 aliphatic heterocycles. The van der Waals surface area contributed by atoms with E-state index >= 15 is 0 Å². The number of amides is 1. The van der Waals surface area contributed by atoms with Crippen LogP contribution in [0.5, 0.6) is 5.75 Å². The molecule has 4 aromatic rings. The van der Waals surface area contributed by atoms with E-state index in [2.05, 4.69) is 10.3 Å². The van der Waals surface area contributed by atoms with Crippen molar-refractivity contribution in [2.75, 3.05) is 11.9 Å². The molecule has 3 aromatic carbocycles. The fourth-order valence-electron chi connectivity index (χ4n) is 2.78. The molecule has 0 unspecified atom stereocenters. The number of aryl methyl sites for hydroxylation is 1. The molecule has 0 fully saturated rings. The highest BCUT2D eigenvalue weighted by molar-refractivity contribution is 5.94. The van der Waals surface area contributed by atoms with Crippen molar-refractivity contribution in [2.24, 2.45) is 0 Å². The van der Waals surface area contributed by atoms with E-state index in [1.54, 1.807) is 18.2 Å². The van der Waals surface area contributed by atoms with Crippen LogP contribution in [0.4, 0.5) is 10.1 Å². The van der Waals surface area contributed by atoms with Crippen LogP contribution in [0.2, 0.25) is 0 Å². The molecule has 1 aromatic heterocycles. The van der Waals surface area contributed by atoms with E-state index in [0.717, 1.165) is 11.1 Å². The highest BCUT2D eigenvalue weighted by Gasteiger charge is 2.10. The largest absolute Gasteiger partial charge is 0.484 e. The Labute approximate surface area is 160 Å². The Balaban J connectivity index is 1.45. The van der Waals surface area contributed by atoms with E-state index < -0.39 is 0 Å². The lowest BCUT2D eigenvalue weighted by Gasteiger charge is -2.07. The first-order valence-electron chi connectivity index (χ1n) is 8.73. The van der Waals surface area contributed by atoms with Crippen LogP contribution in [0, 0.1) is 12.7 Å². The first kappa shape index (κ1) is 17.7. The third-order valence-electron chi connectivity index (χ3n) is 4.12. The lowest BCUT2D eigenvalue weighted by Crippen LogP contribution is -2.20. The molecule has 0 aliphatic rings. The van der Waals surface area contributed by atoms with Gasteiger partial charge in [-0.15, -0.1) is 0 Å². The second kappa shape index (κ2) is 7.52. The maximum atomic E-state index is 12.9. The van der Waals surface area contributed by atoms with Gasteiger partial charge in [-0.25, -0.2) is 9.37 Å². The quantitative estimate of drug-likeness (QED) is 0.535. The van der Waals surface area contributed by atoms with Gasteiger partial charge in [0.15, 0.2) is 12.2 Å². The molecule has 0 radical (unpaired) electrons. The molecular formula is C22H17FN2O3. The lowest BCUT2D eigenvalue weighted by molar-refractivity contribution is -0.118. The van der Waals surface area contributed by atoms with Crippen LogP contribution in [-0.4, -0.2) is 17.5 Å². The number of oxazole rings is 1. The predicted molar refractivity (Wildman–Crippen MR) is 105 cm³/mol. The van der Waals surface area contributed by atoms with Gasteiger partial charge in [-0.1, -0.05) is 17.7 Å². The average molecular weight is 376 g/mol. The predicted octanol–water partition coefficient (Wildman–Crippen LogP) is 4.96. The Kier molecular flexibility index (Phi) is 4.76. The van der Waals surface area contributed by atoms with Crippen molar-refractivity contribution in [1.82, 2.24) is 4.98 Å². The van der Waals surface area contributed by atoms with Gasteiger partial charge in [0.1, 0.15) is 17.1 Å². The summed E-state index contributed by atoms with van der Waals surface area (Å²) in [7, 11) is 0. The molecule has 4 rings (SSSR count). The second-order valence-corrected chi connectivity index (χ2v) is 6.36. The fraction of sp³-hybridized carbons (Fsp3) is 0.0909. The molecule has 0 bridgehead atoms. The number of carbonyl (C=O) groups is 1. The number of carbonyl (C=O) groups excluding carboxylic acids is 1. The number of halogens is 1. The van der Waals surface area contributed by atoms with Crippen molar-refractivity contribution < 1.29 is 18.3 Å². The van der Waals surface area contributed by atoms with Crippen LogP contribution in [-0.2, 0) is 4.79 Å². The lowest BCUT2D eigenvalue weighted by atomic mass is 10.1. The number of benzene rings is 3. The zero-order valence-electron chi connectivity index (χ0n) is 15.1. The van der Waals surface area contributed by atoms with Gasteiger partial charge < -0.3 is 14.5 Å². The summed E-state index contributed by atoms with van der Waals surface area (Å²) in [6.07, 6.45) is 0. The Hall–Kier alpha value is -3.67. The first-order chi connectivity index (χ1) is 13.6. The van der Waals surface area contributed by atoms with Crippen molar-refractivity contribution in [3.05, 3.63) is 78.1 Å². The molecule has 6 heteroatoms. The average Bonchev–Trinajstić information content (AvgIpc) is 3.11. The number of rotatable bonds is 5. The minimum Gasteiger partial charge on any atom is -0.484 e. The minimum atomic E-state index is -0.359. The van der Waals surface area contributed by atoms with Crippen molar-refractivity contribution >= 4 is 22.7 Å². The van der Waals surface area contributed by atoms with Crippen molar-refractivity contribution in [3.8, 4) is 17.2 Å². The fourth-order valence-corrected chi connectivity index (χ4v) is 2.78. The Morgan fingerprint density at radius 3 is 2.71 bits per heavy atom. The van der Waals surface area contributed by atoms with E-state index in [1.165, 1.54) is 24.3 Å². The van der Waals surface area contributed by atoms with Gasteiger partial charge in [-0.2, -0.15) is 0 Å². The number of nitrogens with one attached hydrogen (secondary N) is 1. The molecule has 0 saturated carbocycles. The van der Waals surface area contributed by atoms with Crippen LogP contribution in [0.3, 0.4) is 0 Å². The number of hydrogen-bond donors (Lipinski definition) is 1. The van der Waals surface area contributed by atoms with E-state index in [4.69, 9.17) is 9.15 Å². The molecule has 1 amide bonds. The molecule has 0 atom stereocenters. The molecule has 0 saturated heterocycles.